The highest BCUT2D eigenvalue weighted by Gasteiger charge is 2.13. The van der Waals surface area contributed by atoms with Crippen LogP contribution in [-0.4, -0.2) is 120 Å². The number of hydrogen-bond acceptors (Lipinski definition) is 10. The van der Waals surface area contributed by atoms with E-state index in [0.29, 0.717) is 99.1 Å². The van der Waals surface area contributed by atoms with E-state index in [9.17, 15) is 4.79 Å². The summed E-state index contributed by atoms with van der Waals surface area (Å²) in [4.78, 5) is 10.9. The van der Waals surface area contributed by atoms with Crippen molar-refractivity contribution in [1.82, 2.24) is 0 Å². The molecule has 0 unspecified atom stereocenters. The van der Waals surface area contributed by atoms with Crippen LogP contribution >= 0.6 is 0 Å². The van der Waals surface area contributed by atoms with E-state index < -0.39 is 8.32 Å². The van der Waals surface area contributed by atoms with Crippen molar-refractivity contribution in [3.8, 4) is 0 Å². The highest BCUT2D eigenvalue weighted by atomic mass is 28.4. The molecule has 0 aromatic rings. The molecule has 0 rings (SSSR count). The van der Waals surface area contributed by atoms with E-state index in [4.69, 9.17) is 37.6 Å². The molecule has 11 heteroatoms. The van der Waals surface area contributed by atoms with Crippen LogP contribution in [0.25, 0.3) is 0 Å². The van der Waals surface area contributed by atoms with E-state index in [1.807, 2.05) is 0 Å². The molecule has 0 saturated heterocycles. The smallest absolute Gasteiger partial charge is 0.307 e. The molecule has 192 valence electrons. The van der Waals surface area contributed by atoms with Gasteiger partial charge in [-0.1, -0.05) is 0 Å². The average Bonchev–Trinajstić information content (AvgIpc) is 2.75. The molecule has 0 radical (unpaired) electrons. The molecular weight excluding hydrogens is 440 g/mol. The van der Waals surface area contributed by atoms with E-state index in [1.54, 1.807) is 0 Å². The molecule has 0 aromatic carbocycles. The molecule has 0 aliphatic rings. The second kappa shape index (κ2) is 23.5. The first-order valence-electron chi connectivity index (χ1n) is 11.2. The maximum Gasteiger partial charge on any atom is 0.307 e. The van der Waals surface area contributed by atoms with Crippen molar-refractivity contribution in [1.29, 1.82) is 0 Å². The third-order valence-electron chi connectivity index (χ3n) is 3.67. The minimum atomic E-state index is -1.44. The van der Waals surface area contributed by atoms with Gasteiger partial charge >= 0.3 is 5.97 Å². The fraction of sp³-hybridized carbons (Fsp3) is 0.952. The molecule has 0 atom stereocenters. The minimum absolute atomic E-state index is 0.253. The molecule has 0 aliphatic carbocycles. The maximum atomic E-state index is 10.9. The van der Waals surface area contributed by atoms with Gasteiger partial charge in [-0.25, -0.2) is 0 Å². The summed E-state index contributed by atoms with van der Waals surface area (Å²) in [5, 5.41) is 0. The quantitative estimate of drug-likeness (QED) is 0.108. The molecule has 32 heavy (non-hydrogen) atoms. The lowest BCUT2D eigenvalue weighted by molar-refractivity contribution is -0.141. The Balaban J connectivity index is 3.06. The van der Waals surface area contributed by atoms with E-state index in [-0.39, 0.29) is 12.4 Å². The van der Waals surface area contributed by atoms with Gasteiger partial charge in [0.1, 0.15) is 0 Å². The number of carbonyl (C=O) groups excluding carboxylic acids is 1. The Morgan fingerprint density at radius 2 is 0.781 bits per heavy atom. The van der Waals surface area contributed by atoms with Gasteiger partial charge in [0.15, 0.2) is 8.32 Å². The van der Waals surface area contributed by atoms with E-state index in [0.717, 1.165) is 0 Å². The van der Waals surface area contributed by atoms with Crippen LogP contribution in [0.5, 0.6) is 0 Å². The second-order valence-electron chi connectivity index (χ2n) is 7.57. The lowest BCUT2D eigenvalue weighted by Crippen LogP contribution is -2.27. The first-order valence-corrected chi connectivity index (χ1v) is 14.6. The Labute approximate surface area is 194 Å². The van der Waals surface area contributed by atoms with Crippen molar-refractivity contribution in [2.45, 2.75) is 26.1 Å². The molecule has 0 spiro atoms. The van der Waals surface area contributed by atoms with Crippen molar-refractivity contribution in [2.75, 3.05) is 106 Å². The largest absolute Gasteiger partial charge is 0.469 e. The normalized spacial score (nSPS) is 11.8. The highest BCUT2D eigenvalue weighted by molar-refractivity contribution is 6.69. The Morgan fingerprint density at radius 1 is 0.500 bits per heavy atom. The van der Waals surface area contributed by atoms with E-state index >= 15 is 0 Å². The number of carbonyl (C=O) groups is 1. The third kappa shape index (κ3) is 27.4. The number of esters is 1. The summed E-state index contributed by atoms with van der Waals surface area (Å²) < 4.78 is 47.9. The molecule has 0 aromatic heterocycles. The van der Waals surface area contributed by atoms with Crippen LogP contribution in [0.1, 0.15) is 6.42 Å². The first-order chi connectivity index (χ1) is 15.5. The van der Waals surface area contributed by atoms with Crippen LogP contribution < -0.4 is 0 Å². The number of hydrogen-bond donors (Lipinski definition) is 0. The molecule has 0 saturated carbocycles. The van der Waals surface area contributed by atoms with Crippen LogP contribution in [-0.2, 0) is 47.1 Å². The topological polar surface area (TPSA) is 100 Å². The van der Waals surface area contributed by atoms with Gasteiger partial charge in [0.2, 0.25) is 0 Å². The zero-order valence-corrected chi connectivity index (χ0v) is 21.4. The summed E-state index contributed by atoms with van der Waals surface area (Å²) in [7, 11) is -0.0870. The summed E-state index contributed by atoms with van der Waals surface area (Å²) in [6.07, 6.45) is 0.253. The molecule has 0 bridgehead atoms. The minimum Gasteiger partial charge on any atom is -0.469 e. The van der Waals surface area contributed by atoms with Crippen molar-refractivity contribution < 1.29 is 47.1 Å². The third-order valence-corrected chi connectivity index (χ3v) is 4.74. The molecule has 0 heterocycles. The summed E-state index contributed by atoms with van der Waals surface area (Å²) >= 11 is 0. The van der Waals surface area contributed by atoms with Gasteiger partial charge < -0.3 is 42.3 Å². The molecule has 0 aliphatic heterocycles. The SMILES string of the molecule is COC(=O)CCOCCOCCOCCOCCOCCOCCOCCO[Si](C)(C)C. The maximum absolute atomic E-state index is 10.9. The fourth-order valence-electron chi connectivity index (χ4n) is 2.09. The Kier molecular flexibility index (Phi) is 23.1. The predicted molar refractivity (Wildman–Crippen MR) is 122 cm³/mol. The molecule has 0 amide bonds. The lowest BCUT2D eigenvalue weighted by Gasteiger charge is -2.16. The van der Waals surface area contributed by atoms with Crippen molar-refractivity contribution in [2.24, 2.45) is 0 Å². The standard InChI is InChI=1S/C21H44O10Si/c1-23-21(22)5-6-24-7-8-25-9-10-26-11-12-27-13-14-28-15-16-29-17-18-30-19-20-31-32(2,3)4/h5-20H2,1-4H3. The van der Waals surface area contributed by atoms with Gasteiger partial charge in [-0.15, -0.1) is 0 Å². The molecule has 0 fully saturated rings. The van der Waals surface area contributed by atoms with Gasteiger partial charge in [-0.3, -0.25) is 4.79 Å². The number of methoxy groups -OCH3 is 1. The van der Waals surface area contributed by atoms with Crippen LogP contribution in [0.15, 0.2) is 0 Å². The second-order valence-corrected chi connectivity index (χ2v) is 12.1. The van der Waals surface area contributed by atoms with Crippen LogP contribution in [0.3, 0.4) is 0 Å². The zero-order valence-electron chi connectivity index (χ0n) is 20.4. The first kappa shape index (κ1) is 31.4. The average molecular weight is 485 g/mol. The summed E-state index contributed by atoms with van der Waals surface area (Å²) in [6.45, 7) is 14.2. The van der Waals surface area contributed by atoms with Crippen LogP contribution in [0.2, 0.25) is 19.6 Å². The summed E-state index contributed by atoms with van der Waals surface area (Å²) in [6, 6.07) is 0. The lowest BCUT2D eigenvalue weighted by atomic mass is 10.5. The van der Waals surface area contributed by atoms with Gasteiger partial charge in [0.25, 0.3) is 0 Å². The fourth-order valence-corrected chi connectivity index (χ4v) is 2.78. The molecule has 0 N–H and O–H groups in total. The van der Waals surface area contributed by atoms with Crippen LogP contribution in [0, 0.1) is 0 Å². The Morgan fingerprint density at radius 3 is 1.06 bits per heavy atom. The van der Waals surface area contributed by atoms with Gasteiger partial charge in [0.05, 0.1) is 113 Å². The van der Waals surface area contributed by atoms with Crippen molar-refractivity contribution >= 4 is 14.3 Å². The van der Waals surface area contributed by atoms with E-state index in [1.165, 1.54) is 7.11 Å². The summed E-state index contributed by atoms with van der Waals surface area (Å²) in [5.41, 5.74) is 0. The van der Waals surface area contributed by atoms with Gasteiger partial charge in [-0.05, 0) is 19.6 Å². The predicted octanol–water partition coefficient (Wildman–Crippen LogP) is 1.52. The number of rotatable bonds is 25. The van der Waals surface area contributed by atoms with E-state index in [2.05, 4.69) is 24.4 Å². The van der Waals surface area contributed by atoms with Crippen LogP contribution in [0.4, 0.5) is 0 Å². The van der Waals surface area contributed by atoms with Gasteiger partial charge in [0, 0.05) is 0 Å². The van der Waals surface area contributed by atoms with Crippen molar-refractivity contribution in [3.05, 3.63) is 0 Å². The molecular formula is C21H44O10Si. The summed E-state index contributed by atoms with van der Waals surface area (Å²) in [5.74, 6) is -0.279. The zero-order chi connectivity index (χ0) is 23.8. The van der Waals surface area contributed by atoms with Gasteiger partial charge in [-0.2, -0.15) is 0 Å². The Bertz CT molecular complexity index is 407. The number of ether oxygens (including phenoxy) is 8. The monoisotopic (exact) mass is 484 g/mol. The van der Waals surface area contributed by atoms with Crippen molar-refractivity contribution in [3.63, 3.8) is 0 Å². The highest BCUT2D eigenvalue weighted by Crippen LogP contribution is 2.01. The molecule has 10 nitrogen and oxygen atoms in total. The Hall–Kier alpha value is -0.633.